The molecule has 128 valence electrons. The second-order valence-electron chi connectivity index (χ2n) is 5.03. The van der Waals surface area contributed by atoms with Crippen LogP contribution in [0.1, 0.15) is 5.56 Å². The van der Waals surface area contributed by atoms with E-state index in [1.807, 2.05) is 16.8 Å². The summed E-state index contributed by atoms with van der Waals surface area (Å²) in [4.78, 5) is 12.1. The highest BCUT2D eigenvalue weighted by molar-refractivity contribution is 7.89. The molecule has 0 saturated carbocycles. The van der Waals surface area contributed by atoms with E-state index < -0.39 is 10.0 Å². The molecule has 0 bridgehead atoms. The lowest BCUT2D eigenvalue weighted by Crippen LogP contribution is -2.22. The molecule has 1 aromatic heterocycles. The molecule has 0 aliphatic rings. The second kappa shape index (κ2) is 7.61. The average molecular weight is 366 g/mol. The lowest BCUT2D eigenvalue weighted by atomic mass is 10.2. The van der Waals surface area contributed by atoms with E-state index in [-0.39, 0.29) is 10.8 Å². The zero-order valence-electron chi connectivity index (χ0n) is 13.5. The monoisotopic (exact) mass is 366 g/mol. The van der Waals surface area contributed by atoms with Gasteiger partial charge in [-0.1, -0.05) is 0 Å². The minimum atomic E-state index is -3.60. The van der Waals surface area contributed by atoms with Gasteiger partial charge >= 0.3 is 0 Å². The summed E-state index contributed by atoms with van der Waals surface area (Å²) in [6.07, 6.45) is 3.06. The Balaban J connectivity index is 2.26. The Morgan fingerprint density at radius 3 is 2.62 bits per heavy atom. The molecule has 0 aliphatic carbocycles. The van der Waals surface area contributed by atoms with E-state index >= 15 is 0 Å². The normalized spacial score (nSPS) is 11.8. The van der Waals surface area contributed by atoms with Crippen LogP contribution in [-0.4, -0.2) is 39.8 Å². The number of thiophene rings is 1. The zero-order chi connectivity index (χ0) is 17.7. The zero-order valence-corrected chi connectivity index (χ0v) is 15.1. The van der Waals surface area contributed by atoms with E-state index in [0.717, 1.165) is 9.87 Å². The molecule has 2 rings (SSSR count). The number of carbonyl (C=O) groups is 1. The van der Waals surface area contributed by atoms with Crippen LogP contribution in [0.5, 0.6) is 5.75 Å². The van der Waals surface area contributed by atoms with Crippen molar-refractivity contribution in [2.45, 2.75) is 4.90 Å². The van der Waals surface area contributed by atoms with Gasteiger partial charge < -0.3 is 10.1 Å². The van der Waals surface area contributed by atoms with Crippen molar-refractivity contribution in [3.05, 3.63) is 46.7 Å². The molecule has 24 heavy (non-hydrogen) atoms. The first-order chi connectivity index (χ1) is 11.3. The Morgan fingerprint density at radius 2 is 2.04 bits per heavy atom. The highest BCUT2D eigenvalue weighted by Gasteiger charge is 2.19. The van der Waals surface area contributed by atoms with Crippen LogP contribution in [0.15, 0.2) is 46.0 Å². The molecule has 0 saturated heterocycles. The summed E-state index contributed by atoms with van der Waals surface area (Å²) in [6.45, 7) is 0. The van der Waals surface area contributed by atoms with Gasteiger partial charge in [0.25, 0.3) is 0 Å². The van der Waals surface area contributed by atoms with Gasteiger partial charge in [-0.25, -0.2) is 12.7 Å². The number of amides is 1. The minimum absolute atomic E-state index is 0.0745. The third kappa shape index (κ3) is 4.22. The number of nitrogens with zero attached hydrogens (tertiary/aromatic N) is 1. The van der Waals surface area contributed by atoms with Gasteiger partial charge in [0.2, 0.25) is 15.9 Å². The Kier molecular flexibility index (Phi) is 5.76. The van der Waals surface area contributed by atoms with Crippen molar-refractivity contribution in [2.75, 3.05) is 26.5 Å². The van der Waals surface area contributed by atoms with Crippen LogP contribution >= 0.6 is 11.3 Å². The molecule has 1 heterocycles. The predicted molar refractivity (Wildman–Crippen MR) is 95.8 cm³/mol. The molecule has 0 unspecified atom stereocenters. The number of sulfonamides is 1. The molecule has 1 N–H and O–H groups in total. The quantitative estimate of drug-likeness (QED) is 0.798. The van der Waals surface area contributed by atoms with E-state index in [2.05, 4.69) is 5.32 Å². The molecule has 0 fully saturated rings. The van der Waals surface area contributed by atoms with Crippen molar-refractivity contribution in [3.8, 4) is 5.75 Å². The van der Waals surface area contributed by atoms with Gasteiger partial charge in [-0.3, -0.25) is 4.79 Å². The van der Waals surface area contributed by atoms with Gasteiger partial charge in [0, 0.05) is 20.2 Å². The number of anilines is 1. The average Bonchev–Trinajstić information content (AvgIpc) is 3.06. The first kappa shape index (κ1) is 18.2. The van der Waals surface area contributed by atoms with Gasteiger partial charge in [-0.15, -0.1) is 0 Å². The van der Waals surface area contributed by atoms with Crippen LogP contribution in [0.4, 0.5) is 5.69 Å². The summed E-state index contributed by atoms with van der Waals surface area (Å²) in [7, 11) is 0.744. The van der Waals surface area contributed by atoms with Gasteiger partial charge in [0.15, 0.2) is 0 Å². The van der Waals surface area contributed by atoms with Crippen molar-refractivity contribution in [3.63, 3.8) is 0 Å². The number of benzene rings is 1. The van der Waals surface area contributed by atoms with Gasteiger partial charge in [0.05, 0.1) is 17.7 Å². The molecular formula is C16H18N2O4S2. The van der Waals surface area contributed by atoms with Crippen molar-refractivity contribution < 1.29 is 17.9 Å². The van der Waals surface area contributed by atoms with E-state index in [9.17, 15) is 13.2 Å². The SMILES string of the molecule is COc1ccc(S(=O)(=O)N(C)C)cc1NC(=O)C=Cc1ccsc1. The molecule has 0 spiro atoms. The standard InChI is InChI=1S/C16H18N2O4S2/c1-18(2)24(20,21)13-5-6-15(22-3)14(10-13)17-16(19)7-4-12-8-9-23-11-12/h4-11H,1-3H3,(H,17,19). The molecule has 0 aliphatic heterocycles. The summed E-state index contributed by atoms with van der Waals surface area (Å²) < 4.78 is 30.7. The number of rotatable bonds is 6. The largest absolute Gasteiger partial charge is 0.495 e. The summed E-state index contributed by atoms with van der Waals surface area (Å²) >= 11 is 1.53. The molecule has 1 aromatic carbocycles. The highest BCUT2D eigenvalue weighted by Crippen LogP contribution is 2.28. The molecule has 8 heteroatoms. The lowest BCUT2D eigenvalue weighted by molar-refractivity contribution is -0.111. The lowest BCUT2D eigenvalue weighted by Gasteiger charge is -2.14. The number of methoxy groups -OCH3 is 1. The highest BCUT2D eigenvalue weighted by atomic mass is 32.2. The minimum Gasteiger partial charge on any atom is -0.495 e. The van der Waals surface area contributed by atoms with Crippen LogP contribution in [0.2, 0.25) is 0 Å². The fourth-order valence-corrected chi connectivity index (χ4v) is 3.43. The van der Waals surface area contributed by atoms with Crippen LogP contribution in [-0.2, 0) is 14.8 Å². The van der Waals surface area contributed by atoms with Gasteiger partial charge in [0.1, 0.15) is 5.75 Å². The number of nitrogens with one attached hydrogen (secondary N) is 1. The van der Waals surface area contributed by atoms with Gasteiger partial charge in [-0.2, -0.15) is 11.3 Å². The number of carbonyl (C=O) groups excluding carboxylic acids is 1. The van der Waals surface area contributed by atoms with E-state index in [1.54, 1.807) is 6.08 Å². The number of hydrogen-bond acceptors (Lipinski definition) is 5. The molecular weight excluding hydrogens is 348 g/mol. The predicted octanol–water partition coefficient (Wildman–Crippen LogP) is 2.66. The molecule has 6 nitrogen and oxygen atoms in total. The molecule has 0 radical (unpaired) electrons. The van der Waals surface area contributed by atoms with Crippen molar-refractivity contribution in [2.24, 2.45) is 0 Å². The third-order valence-corrected chi connectivity index (χ3v) is 5.69. The van der Waals surface area contributed by atoms with E-state index in [0.29, 0.717) is 11.4 Å². The third-order valence-electron chi connectivity index (χ3n) is 3.18. The Bertz CT molecular complexity index is 841. The summed E-state index contributed by atoms with van der Waals surface area (Å²) in [6, 6.07) is 6.21. The Morgan fingerprint density at radius 1 is 1.29 bits per heavy atom. The first-order valence-corrected chi connectivity index (χ1v) is 9.34. The topological polar surface area (TPSA) is 75.7 Å². The Labute approximate surface area is 145 Å². The molecule has 0 atom stereocenters. The second-order valence-corrected chi connectivity index (χ2v) is 7.96. The first-order valence-electron chi connectivity index (χ1n) is 6.96. The van der Waals surface area contributed by atoms with Crippen molar-refractivity contribution >= 4 is 39.0 Å². The number of hydrogen-bond donors (Lipinski definition) is 1. The van der Waals surface area contributed by atoms with Crippen LogP contribution in [0, 0.1) is 0 Å². The summed E-state index contributed by atoms with van der Waals surface area (Å²) in [5, 5.41) is 6.47. The van der Waals surface area contributed by atoms with E-state index in [1.165, 1.54) is 56.8 Å². The van der Waals surface area contributed by atoms with Crippen molar-refractivity contribution in [1.82, 2.24) is 4.31 Å². The van der Waals surface area contributed by atoms with E-state index in [4.69, 9.17) is 4.74 Å². The molecule has 2 aromatic rings. The number of ether oxygens (including phenoxy) is 1. The summed E-state index contributed by atoms with van der Waals surface area (Å²) in [5.74, 6) is 0.00360. The Hall–Kier alpha value is -2.16. The maximum absolute atomic E-state index is 12.2. The summed E-state index contributed by atoms with van der Waals surface area (Å²) in [5.41, 5.74) is 1.21. The smallest absolute Gasteiger partial charge is 0.248 e. The van der Waals surface area contributed by atoms with Crippen molar-refractivity contribution in [1.29, 1.82) is 0 Å². The maximum Gasteiger partial charge on any atom is 0.248 e. The fourth-order valence-electron chi connectivity index (χ4n) is 1.87. The fraction of sp³-hybridized carbons (Fsp3) is 0.188. The molecule has 1 amide bonds. The van der Waals surface area contributed by atoms with Crippen LogP contribution in [0.3, 0.4) is 0 Å². The van der Waals surface area contributed by atoms with Crippen LogP contribution in [0.25, 0.3) is 6.08 Å². The van der Waals surface area contributed by atoms with Crippen LogP contribution < -0.4 is 10.1 Å². The maximum atomic E-state index is 12.2. The van der Waals surface area contributed by atoms with Gasteiger partial charge in [-0.05, 0) is 46.7 Å².